The van der Waals surface area contributed by atoms with E-state index in [2.05, 4.69) is 0 Å². The molecule has 0 amide bonds. The van der Waals surface area contributed by atoms with Crippen LogP contribution in [0, 0.1) is 17.2 Å². The molecule has 0 fully saturated rings. The topological polar surface area (TPSA) is 40.9 Å². The summed E-state index contributed by atoms with van der Waals surface area (Å²) in [4.78, 5) is 0.0990. The fourth-order valence-electron chi connectivity index (χ4n) is 1.17. The molecular weight excluding hydrogens is 251 g/mol. The molecule has 0 aliphatic carbocycles. The summed E-state index contributed by atoms with van der Waals surface area (Å²) in [6, 6.07) is 6.27. The van der Waals surface area contributed by atoms with Crippen molar-refractivity contribution in [2.45, 2.75) is 18.0 Å². The van der Waals surface area contributed by atoms with Gasteiger partial charge in [-0.1, -0.05) is 6.07 Å². The summed E-state index contributed by atoms with van der Waals surface area (Å²) in [5, 5.41) is 8.55. The van der Waals surface area contributed by atoms with Gasteiger partial charge in [-0.2, -0.15) is 18.4 Å². The first-order valence-corrected chi connectivity index (χ1v) is 6.11. The Bertz CT molecular complexity index is 465. The maximum Gasteiger partial charge on any atom is 0.416 e. The molecule has 0 saturated carbocycles. The van der Waals surface area contributed by atoms with Crippen molar-refractivity contribution in [2.75, 3.05) is 5.75 Å². The summed E-state index contributed by atoms with van der Waals surface area (Å²) < 4.78 is 48.9. The van der Waals surface area contributed by atoms with Crippen LogP contribution in [-0.2, 0) is 17.0 Å². The lowest BCUT2D eigenvalue weighted by molar-refractivity contribution is -0.137. The van der Waals surface area contributed by atoms with E-state index in [9.17, 15) is 17.4 Å². The van der Waals surface area contributed by atoms with E-state index in [1.807, 2.05) is 6.07 Å². The molecule has 6 heteroatoms. The van der Waals surface area contributed by atoms with E-state index in [4.69, 9.17) is 5.26 Å². The standard InChI is InChI=1S/C11H10F3NOS/c1-8(6-15)7-17(16)10-4-2-3-9(5-10)11(12,13)14/h2-5,8H,7H2,1H3. The van der Waals surface area contributed by atoms with Gasteiger partial charge in [0.15, 0.2) is 0 Å². The molecule has 0 N–H and O–H groups in total. The molecule has 2 unspecified atom stereocenters. The Hall–Kier alpha value is -1.35. The molecule has 92 valence electrons. The molecule has 0 spiro atoms. The minimum Gasteiger partial charge on any atom is -0.254 e. The number of benzene rings is 1. The predicted molar refractivity (Wildman–Crippen MR) is 57.5 cm³/mol. The van der Waals surface area contributed by atoms with Gasteiger partial charge in [-0.25, -0.2) is 0 Å². The summed E-state index contributed by atoms with van der Waals surface area (Å²) in [6.07, 6.45) is -4.44. The van der Waals surface area contributed by atoms with Crippen molar-refractivity contribution >= 4 is 10.8 Å². The third-order valence-corrected chi connectivity index (χ3v) is 3.63. The summed E-state index contributed by atoms with van der Waals surface area (Å²) in [7, 11) is -1.58. The van der Waals surface area contributed by atoms with Crippen molar-refractivity contribution in [2.24, 2.45) is 5.92 Å². The molecule has 2 atom stereocenters. The van der Waals surface area contributed by atoms with E-state index in [1.54, 1.807) is 6.92 Å². The third-order valence-electron chi connectivity index (χ3n) is 2.05. The molecular formula is C11H10F3NOS. The Balaban J connectivity index is 2.93. The van der Waals surface area contributed by atoms with Crippen LogP contribution in [0.25, 0.3) is 0 Å². The van der Waals surface area contributed by atoms with E-state index >= 15 is 0 Å². The fraction of sp³-hybridized carbons (Fsp3) is 0.364. The second kappa shape index (κ2) is 5.32. The molecule has 1 rings (SSSR count). The molecule has 0 aliphatic heterocycles. The van der Waals surface area contributed by atoms with Crippen LogP contribution in [0.1, 0.15) is 12.5 Å². The van der Waals surface area contributed by atoms with Gasteiger partial charge >= 0.3 is 6.18 Å². The van der Waals surface area contributed by atoms with Gasteiger partial charge in [0.25, 0.3) is 0 Å². The Morgan fingerprint density at radius 3 is 2.65 bits per heavy atom. The van der Waals surface area contributed by atoms with Crippen molar-refractivity contribution < 1.29 is 17.4 Å². The Morgan fingerprint density at radius 2 is 2.12 bits per heavy atom. The van der Waals surface area contributed by atoms with Gasteiger partial charge in [0.2, 0.25) is 0 Å². The minimum absolute atomic E-state index is 0.0395. The van der Waals surface area contributed by atoms with Gasteiger partial charge < -0.3 is 0 Å². The number of alkyl halides is 3. The van der Waals surface area contributed by atoms with Crippen LogP contribution in [0.4, 0.5) is 13.2 Å². The van der Waals surface area contributed by atoms with Gasteiger partial charge in [0.05, 0.1) is 28.4 Å². The van der Waals surface area contributed by atoms with Crippen molar-refractivity contribution in [3.8, 4) is 6.07 Å². The summed E-state index contributed by atoms with van der Waals surface area (Å²) in [5.41, 5.74) is -0.826. The maximum atomic E-state index is 12.4. The maximum absolute atomic E-state index is 12.4. The number of hydrogen-bond donors (Lipinski definition) is 0. The zero-order valence-electron chi connectivity index (χ0n) is 8.99. The zero-order chi connectivity index (χ0) is 13.1. The lowest BCUT2D eigenvalue weighted by Crippen LogP contribution is -2.09. The van der Waals surface area contributed by atoms with Crippen LogP contribution in [0.15, 0.2) is 29.2 Å². The summed E-state index contributed by atoms with van der Waals surface area (Å²) >= 11 is 0. The average Bonchev–Trinajstić information content (AvgIpc) is 2.28. The SMILES string of the molecule is CC(C#N)CS(=O)c1cccc(C(F)(F)F)c1. The van der Waals surface area contributed by atoms with Crippen molar-refractivity contribution in [3.05, 3.63) is 29.8 Å². The van der Waals surface area contributed by atoms with Crippen molar-refractivity contribution in [1.29, 1.82) is 5.26 Å². The molecule has 2 nitrogen and oxygen atoms in total. The molecule has 0 heterocycles. The van der Waals surface area contributed by atoms with E-state index in [1.165, 1.54) is 12.1 Å². The van der Waals surface area contributed by atoms with Crippen LogP contribution < -0.4 is 0 Å². The second-order valence-corrected chi connectivity index (χ2v) is 5.06. The van der Waals surface area contributed by atoms with Crippen LogP contribution in [0.3, 0.4) is 0 Å². The molecule has 0 aliphatic rings. The first-order chi connectivity index (χ1) is 7.84. The van der Waals surface area contributed by atoms with Gasteiger partial charge in [-0.15, -0.1) is 0 Å². The number of halogens is 3. The number of nitrogens with zero attached hydrogens (tertiary/aromatic N) is 1. The predicted octanol–water partition coefficient (Wildman–Crippen LogP) is 2.97. The molecule has 0 aromatic heterocycles. The largest absolute Gasteiger partial charge is 0.416 e. The summed E-state index contributed by atoms with van der Waals surface area (Å²) in [5.74, 6) is -0.414. The zero-order valence-corrected chi connectivity index (χ0v) is 9.81. The highest BCUT2D eigenvalue weighted by molar-refractivity contribution is 7.85. The highest BCUT2D eigenvalue weighted by Crippen LogP contribution is 2.30. The lowest BCUT2D eigenvalue weighted by Gasteiger charge is -2.09. The molecule has 0 radical (unpaired) electrons. The van der Waals surface area contributed by atoms with Crippen LogP contribution in [0.2, 0.25) is 0 Å². The highest BCUT2D eigenvalue weighted by Gasteiger charge is 2.30. The smallest absolute Gasteiger partial charge is 0.254 e. The molecule has 0 saturated heterocycles. The Morgan fingerprint density at radius 1 is 1.47 bits per heavy atom. The third kappa shape index (κ3) is 3.86. The Kier molecular flexibility index (Phi) is 4.29. The van der Waals surface area contributed by atoms with E-state index in [0.29, 0.717) is 0 Å². The fourth-order valence-corrected chi connectivity index (χ4v) is 2.38. The first-order valence-electron chi connectivity index (χ1n) is 4.80. The molecule has 1 aromatic carbocycles. The van der Waals surface area contributed by atoms with E-state index in [0.717, 1.165) is 12.1 Å². The van der Waals surface area contributed by atoms with E-state index in [-0.39, 0.29) is 10.6 Å². The van der Waals surface area contributed by atoms with Crippen molar-refractivity contribution in [3.63, 3.8) is 0 Å². The number of rotatable bonds is 3. The molecule has 0 bridgehead atoms. The lowest BCUT2D eigenvalue weighted by atomic mass is 10.2. The molecule has 1 aromatic rings. The minimum atomic E-state index is -4.44. The normalized spacial score (nSPS) is 15.0. The Labute approximate surface area is 99.5 Å². The summed E-state index contributed by atoms with van der Waals surface area (Å²) in [6.45, 7) is 1.57. The first kappa shape index (κ1) is 13.7. The van der Waals surface area contributed by atoms with Gasteiger partial charge in [-0.3, -0.25) is 4.21 Å². The number of nitriles is 1. The van der Waals surface area contributed by atoms with Crippen LogP contribution in [-0.4, -0.2) is 9.96 Å². The highest BCUT2D eigenvalue weighted by atomic mass is 32.2. The van der Waals surface area contributed by atoms with E-state index < -0.39 is 28.5 Å². The van der Waals surface area contributed by atoms with Gasteiger partial charge in [-0.05, 0) is 25.1 Å². The quantitative estimate of drug-likeness (QED) is 0.839. The van der Waals surface area contributed by atoms with Crippen LogP contribution in [0.5, 0.6) is 0 Å². The monoisotopic (exact) mass is 261 g/mol. The van der Waals surface area contributed by atoms with Gasteiger partial charge in [0, 0.05) is 10.6 Å². The van der Waals surface area contributed by atoms with Crippen LogP contribution >= 0.6 is 0 Å². The van der Waals surface area contributed by atoms with Gasteiger partial charge in [0.1, 0.15) is 0 Å². The van der Waals surface area contributed by atoms with Crippen molar-refractivity contribution in [1.82, 2.24) is 0 Å². The molecule has 17 heavy (non-hydrogen) atoms. The number of hydrogen-bond acceptors (Lipinski definition) is 2. The average molecular weight is 261 g/mol. The second-order valence-electron chi connectivity index (χ2n) is 3.57.